The van der Waals surface area contributed by atoms with Crippen LogP contribution in [0, 0.1) is 5.92 Å². The van der Waals surface area contributed by atoms with E-state index in [4.69, 9.17) is 0 Å². The molecule has 0 aromatic carbocycles. The molecule has 0 spiro atoms. The van der Waals surface area contributed by atoms with Gasteiger partial charge >= 0.3 is 0 Å². The number of nitrogens with one attached hydrogen (secondary N) is 2. The van der Waals surface area contributed by atoms with E-state index in [2.05, 4.69) is 29.5 Å². The number of rotatable bonds is 6. The standard InChI is InChI=1S/C13H21N3O/c1-4-14-11-6-8-15-12(9-11)13(17)16-7-5-10(2)3/h6,8-10H,4-5,7H2,1-3H3,(H,14,15)(H,16,17). The summed E-state index contributed by atoms with van der Waals surface area (Å²) in [5.41, 5.74) is 1.39. The molecule has 0 aliphatic carbocycles. The van der Waals surface area contributed by atoms with Gasteiger partial charge in [-0.3, -0.25) is 9.78 Å². The van der Waals surface area contributed by atoms with Gasteiger partial charge in [-0.2, -0.15) is 0 Å². The minimum absolute atomic E-state index is 0.106. The minimum atomic E-state index is -0.106. The van der Waals surface area contributed by atoms with Crippen molar-refractivity contribution in [3.8, 4) is 0 Å². The summed E-state index contributed by atoms with van der Waals surface area (Å²) in [5.74, 6) is 0.488. The molecule has 1 aromatic heterocycles. The van der Waals surface area contributed by atoms with Crippen LogP contribution in [0.2, 0.25) is 0 Å². The van der Waals surface area contributed by atoms with Crippen LogP contribution in [-0.2, 0) is 0 Å². The van der Waals surface area contributed by atoms with E-state index >= 15 is 0 Å². The normalized spacial score (nSPS) is 10.4. The fraction of sp³-hybridized carbons (Fsp3) is 0.538. The molecule has 0 saturated heterocycles. The summed E-state index contributed by atoms with van der Waals surface area (Å²) < 4.78 is 0. The largest absolute Gasteiger partial charge is 0.385 e. The number of pyridine rings is 1. The number of carbonyl (C=O) groups excluding carboxylic acids is 1. The van der Waals surface area contributed by atoms with E-state index in [9.17, 15) is 4.79 Å². The van der Waals surface area contributed by atoms with Crippen molar-refractivity contribution in [3.63, 3.8) is 0 Å². The van der Waals surface area contributed by atoms with Gasteiger partial charge in [0, 0.05) is 25.0 Å². The SMILES string of the molecule is CCNc1ccnc(C(=O)NCCC(C)C)c1. The first-order valence-corrected chi connectivity index (χ1v) is 6.11. The van der Waals surface area contributed by atoms with Gasteiger partial charge in [-0.25, -0.2) is 0 Å². The Morgan fingerprint density at radius 1 is 1.47 bits per heavy atom. The van der Waals surface area contributed by atoms with Gasteiger partial charge in [0.25, 0.3) is 5.91 Å². The zero-order valence-electron chi connectivity index (χ0n) is 10.8. The molecular formula is C13H21N3O. The second kappa shape index (κ2) is 6.89. The molecule has 1 amide bonds. The van der Waals surface area contributed by atoms with Crippen LogP contribution in [0.1, 0.15) is 37.7 Å². The topological polar surface area (TPSA) is 54.0 Å². The Labute approximate surface area is 103 Å². The van der Waals surface area contributed by atoms with E-state index in [1.165, 1.54) is 0 Å². The second-order valence-electron chi connectivity index (χ2n) is 4.40. The maximum Gasteiger partial charge on any atom is 0.269 e. The summed E-state index contributed by atoms with van der Waals surface area (Å²) in [6.45, 7) is 7.82. The first-order chi connectivity index (χ1) is 8.13. The van der Waals surface area contributed by atoms with Crippen molar-refractivity contribution in [3.05, 3.63) is 24.0 Å². The highest BCUT2D eigenvalue weighted by molar-refractivity contribution is 5.93. The zero-order valence-corrected chi connectivity index (χ0v) is 10.8. The first kappa shape index (κ1) is 13.5. The molecule has 0 aliphatic heterocycles. The van der Waals surface area contributed by atoms with E-state index in [0.717, 1.165) is 18.7 Å². The molecule has 4 nitrogen and oxygen atoms in total. The smallest absolute Gasteiger partial charge is 0.269 e. The van der Waals surface area contributed by atoms with Gasteiger partial charge in [0.2, 0.25) is 0 Å². The molecule has 1 rings (SSSR count). The number of aromatic nitrogens is 1. The van der Waals surface area contributed by atoms with E-state index < -0.39 is 0 Å². The average molecular weight is 235 g/mol. The van der Waals surface area contributed by atoms with Gasteiger partial charge in [-0.05, 0) is 31.4 Å². The Morgan fingerprint density at radius 2 is 2.24 bits per heavy atom. The lowest BCUT2D eigenvalue weighted by atomic mass is 10.1. The molecule has 4 heteroatoms. The van der Waals surface area contributed by atoms with Gasteiger partial charge in [-0.1, -0.05) is 13.8 Å². The Hall–Kier alpha value is -1.58. The molecule has 0 saturated carbocycles. The molecule has 0 fully saturated rings. The van der Waals surface area contributed by atoms with E-state index in [0.29, 0.717) is 18.2 Å². The average Bonchev–Trinajstić information content (AvgIpc) is 2.29. The molecular weight excluding hydrogens is 214 g/mol. The minimum Gasteiger partial charge on any atom is -0.385 e. The fourth-order valence-corrected chi connectivity index (χ4v) is 1.43. The summed E-state index contributed by atoms with van der Waals surface area (Å²) in [6, 6.07) is 3.63. The summed E-state index contributed by atoms with van der Waals surface area (Å²) in [7, 11) is 0. The van der Waals surface area contributed by atoms with E-state index in [1.807, 2.05) is 13.0 Å². The lowest BCUT2D eigenvalue weighted by molar-refractivity contribution is 0.0947. The van der Waals surface area contributed by atoms with Crippen LogP contribution in [0.5, 0.6) is 0 Å². The van der Waals surface area contributed by atoms with Crippen LogP contribution >= 0.6 is 0 Å². The van der Waals surface area contributed by atoms with Gasteiger partial charge in [0.15, 0.2) is 0 Å². The van der Waals surface area contributed by atoms with Crippen LogP contribution in [0.4, 0.5) is 5.69 Å². The van der Waals surface area contributed by atoms with Crippen molar-refractivity contribution in [2.24, 2.45) is 5.92 Å². The number of anilines is 1. The molecule has 0 unspecified atom stereocenters. The highest BCUT2D eigenvalue weighted by Crippen LogP contribution is 2.07. The predicted molar refractivity (Wildman–Crippen MR) is 70.2 cm³/mol. The third-order valence-corrected chi connectivity index (χ3v) is 2.38. The van der Waals surface area contributed by atoms with Gasteiger partial charge in [0.1, 0.15) is 5.69 Å². The van der Waals surface area contributed by atoms with E-state index in [1.54, 1.807) is 12.3 Å². The maximum absolute atomic E-state index is 11.8. The van der Waals surface area contributed by atoms with Crippen molar-refractivity contribution in [1.82, 2.24) is 10.3 Å². The predicted octanol–water partition coefficient (Wildman–Crippen LogP) is 2.29. The summed E-state index contributed by atoms with van der Waals surface area (Å²) >= 11 is 0. The Kier molecular flexibility index (Phi) is 5.46. The lowest BCUT2D eigenvalue weighted by Gasteiger charge is -2.08. The summed E-state index contributed by atoms with van der Waals surface area (Å²) in [5, 5.41) is 6.03. The van der Waals surface area contributed by atoms with Gasteiger partial charge < -0.3 is 10.6 Å². The van der Waals surface area contributed by atoms with Crippen molar-refractivity contribution in [1.29, 1.82) is 0 Å². The second-order valence-corrected chi connectivity index (χ2v) is 4.40. The quantitative estimate of drug-likeness (QED) is 0.795. The van der Waals surface area contributed by atoms with Crippen LogP contribution < -0.4 is 10.6 Å². The summed E-state index contributed by atoms with van der Waals surface area (Å²) in [4.78, 5) is 15.8. The highest BCUT2D eigenvalue weighted by Gasteiger charge is 2.07. The van der Waals surface area contributed by atoms with E-state index in [-0.39, 0.29) is 5.91 Å². The maximum atomic E-state index is 11.8. The van der Waals surface area contributed by atoms with Crippen molar-refractivity contribution in [2.75, 3.05) is 18.4 Å². The first-order valence-electron chi connectivity index (χ1n) is 6.11. The van der Waals surface area contributed by atoms with Crippen molar-refractivity contribution >= 4 is 11.6 Å². The molecule has 2 N–H and O–H groups in total. The monoisotopic (exact) mass is 235 g/mol. The Bertz CT molecular complexity index is 363. The van der Waals surface area contributed by atoms with Gasteiger partial charge in [-0.15, -0.1) is 0 Å². The molecule has 0 radical (unpaired) electrons. The van der Waals surface area contributed by atoms with Crippen LogP contribution in [-0.4, -0.2) is 24.0 Å². The zero-order chi connectivity index (χ0) is 12.7. The Morgan fingerprint density at radius 3 is 2.88 bits per heavy atom. The number of carbonyl (C=O) groups is 1. The third-order valence-electron chi connectivity index (χ3n) is 2.38. The van der Waals surface area contributed by atoms with Crippen LogP contribution in [0.15, 0.2) is 18.3 Å². The summed E-state index contributed by atoms with van der Waals surface area (Å²) in [6.07, 6.45) is 2.63. The third kappa shape index (κ3) is 4.85. The fourth-order valence-electron chi connectivity index (χ4n) is 1.43. The van der Waals surface area contributed by atoms with Gasteiger partial charge in [0.05, 0.1) is 0 Å². The van der Waals surface area contributed by atoms with Crippen molar-refractivity contribution in [2.45, 2.75) is 27.2 Å². The molecule has 17 heavy (non-hydrogen) atoms. The number of amides is 1. The lowest BCUT2D eigenvalue weighted by Crippen LogP contribution is -2.26. The van der Waals surface area contributed by atoms with Crippen LogP contribution in [0.25, 0.3) is 0 Å². The molecule has 0 aliphatic rings. The Balaban J connectivity index is 2.53. The van der Waals surface area contributed by atoms with Crippen molar-refractivity contribution < 1.29 is 4.79 Å². The number of nitrogens with zero attached hydrogens (tertiary/aromatic N) is 1. The van der Waals surface area contributed by atoms with Crippen LogP contribution in [0.3, 0.4) is 0 Å². The molecule has 0 bridgehead atoms. The number of hydrogen-bond acceptors (Lipinski definition) is 3. The number of hydrogen-bond donors (Lipinski definition) is 2. The molecule has 0 atom stereocenters. The molecule has 1 aromatic rings. The highest BCUT2D eigenvalue weighted by atomic mass is 16.1. The molecule has 1 heterocycles. The molecule has 94 valence electrons.